The van der Waals surface area contributed by atoms with Crippen LogP contribution in [-0.4, -0.2) is 30.3 Å². The molecule has 0 radical (unpaired) electrons. The first-order valence-corrected chi connectivity index (χ1v) is 8.34. The van der Waals surface area contributed by atoms with Gasteiger partial charge in [0.1, 0.15) is 18.5 Å². The summed E-state index contributed by atoms with van der Waals surface area (Å²) in [6.45, 7) is -0.180. The molecule has 146 valence electrons. The SMILES string of the molecule is Nc1ccccc1CCC(=O)NCC(O)COc1ccc(C(F)(F)F)cc1. The number of aliphatic hydroxyl groups is 1. The number of aliphatic hydroxyl groups excluding tert-OH is 1. The van der Waals surface area contributed by atoms with E-state index in [1.807, 2.05) is 18.2 Å². The molecule has 1 unspecified atom stereocenters. The summed E-state index contributed by atoms with van der Waals surface area (Å²) in [5.41, 5.74) is 6.52. The quantitative estimate of drug-likeness (QED) is 0.613. The molecule has 0 heterocycles. The molecule has 0 saturated carbocycles. The monoisotopic (exact) mass is 382 g/mol. The summed E-state index contributed by atoms with van der Waals surface area (Å²) < 4.78 is 42.7. The molecular formula is C19H21F3N2O3. The number of benzene rings is 2. The Morgan fingerprint density at radius 2 is 1.81 bits per heavy atom. The molecular weight excluding hydrogens is 361 g/mol. The van der Waals surface area contributed by atoms with Gasteiger partial charge in [-0.2, -0.15) is 13.2 Å². The number of hydrogen-bond acceptors (Lipinski definition) is 4. The zero-order valence-corrected chi connectivity index (χ0v) is 14.5. The summed E-state index contributed by atoms with van der Waals surface area (Å²) in [4.78, 5) is 11.8. The summed E-state index contributed by atoms with van der Waals surface area (Å²) in [7, 11) is 0. The van der Waals surface area contributed by atoms with Gasteiger partial charge in [-0.25, -0.2) is 0 Å². The van der Waals surface area contributed by atoms with Gasteiger partial charge >= 0.3 is 6.18 Å². The van der Waals surface area contributed by atoms with Crippen molar-refractivity contribution in [2.75, 3.05) is 18.9 Å². The van der Waals surface area contributed by atoms with Gasteiger partial charge in [0.15, 0.2) is 0 Å². The van der Waals surface area contributed by atoms with Gasteiger partial charge in [0.2, 0.25) is 5.91 Å². The fourth-order valence-electron chi connectivity index (χ4n) is 2.32. The van der Waals surface area contributed by atoms with Crippen LogP contribution in [0, 0.1) is 0 Å². The van der Waals surface area contributed by atoms with Crippen LogP contribution >= 0.6 is 0 Å². The Labute approximate surface area is 154 Å². The zero-order valence-electron chi connectivity index (χ0n) is 14.5. The number of ether oxygens (including phenoxy) is 1. The lowest BCUT2D eigenvalue weighted by atomic mass is 10.1. The molecule has 0 aliphatic rings. The van der Waals surface area contributed by atoms with E-state index in [-0.39, 0.29) is 31.2 Å². The number of halogens is 3. The van der Waals surface area contributed by atoms with Crippen LogP contribution in [0.1, 0.15) is 17.5 Å². The van der Waals surface area contributed by atoms with E-state index in [1.165, 1.54) is 12.1 Å². The Bertz CT molecular complexity index is 749. The van der Waals surface area contributed by atoms with Crippen molar-refractivity contribution in [2.45, 2.75) is 25.1 Å². The first-order chi connectivity index (χ1) is 12.8. The molecule has 0 saturated heterocycles. The van der Waals surface area contributed by atoms with Crippen molar-refractivity contribution in [1.29, 1.82) is 0 Å². The largest absolute Gasteiger partial charge is 0.491 e. The standard InChI is InChI=1S/C19H21F3N2O3/c20-19(21,22)14-6-8-16(9-7-14)27-12-15(25)11-24-18(26)10-5-13-3-1-2-4-17(13)23/h1-4,6-9,15,25H,5,10-12,23H2,(H,24,26). The Balaban J connectivity index is 1.69. The van der Waals surface area contributed by atoms with Crippen molar-refractivity contribution < 1.29 is 27.8 Å². The maximum absolute atomic E-state index is 12.5. The Morgan fingerprint density at radius 1 is 1.15 bits per heavy atom. The fourth-order valence-corrected chi connectivity index (χ4v) is 2.32. The molecule has 0 aliphatic carbocycles. The van der Waals surface area contributed by atoms with Crippen molar-refractivity contribution in [3.05, 3.63) is 59.7 Å². The third kappa shape index (κ3) is 6.82. The summed E-state index contributed by atoms with van der Waals surface area (Å²) in [6, 6.07) is 11.4. The van der Waals surface area contributed by atoms with Crippen molar-refractivity contribution in [2.24, 2.45) is 0 Å². The van der Waals surface area contributed by atoms with Crippen LogP contribution in [0.4, 0.5) is 18.9 Å². The number of carbonyl (C=O) groups is 1. The highest BCUT2D eigenvalue weighted by Gasteiger charge is 2.30. The smallest absolute Gasteiger partial charge is 0.416 e. The number of para-hydroxylation sites is 1. The second-order valence-electron chi connectivity index (χ2n) is 5.99. The summed E-state index contributed by atoms with van der Waals surface area (Å²) in [6.07, 6.45) is -4.69. The average Bonchev–Trinajstić information content (AvgIpc) is 2.63. The van der Waals surface area contributed by atoms with Crippen LogP contribution in [0.2, 0.25) is 0 Å². The van der Waals surface area contributed by atoms with E-state index in [0.717, 1.165) is 17.7 Å². The van der Waals surface area contributed by atoms with Gasteiger partial charge in [0.25, 0.3) is 0 Å². The summed E-state index contributed by atoms with van der Waals surface area (Å²) in [5.74, 6) is -0.0419. The van der Waals surface area contributed by atoms with E-state index in [4.69, 9.17) is 10.5 Å². The molecule has 0 bridgehead atoms. The van der Waals surface area contributed by atoms with E-state index >= 15 is 0 Å². The molecule has 8 heteroatoms. The molecule has 1 atom stereocenters. The molecule has 2 aromatic rings. The molecule has 0 fully saturated rings. The lowest BCUT2D eigenvalue weighted by Gasteiger charge is -2.14. The minimum atomic E-state index is -4.41. The summed E-state index contributed by atoms with van der Waals surface area (Å²) in [5, 5.41) is 12.4. The Hall–Kier alpha value is -2.74. The molecule has 27 heavy (non-hydrogen) atoms. The second kappa shape index (κ2) is 9.27. The number of anilines is 1. The van der Waals surface area contributed by atoms with Crippen LogP contribution in [0.5, 0.6) is 5.75 Å². The molecule has 1 amide bonds. The van der Waals surface area contributed by atoms with Crippen molar-refractivity contribution in [3.63, 3.8) is 0 Å². The number of nitrogens with two attached hydrogens (primary N) is 1. The molecule has 5 nitrogen and oxygen atoms in total. The van der Waals surface area contributed by atoms with Gasteiger partial charge in [-0.1, -0.05) is 18.2 Å². The minimum absolute atomic E-state index is 0.0241. The van der Waals surface area contributed by atoms with Crippen LogP contribution in [-0.2, 0) is 17.4 Å². The van der Waals surface area contributed by atoms with Crippen molar-refractivity contribution in [1.82, 2.24) is 5.32 Å². The molecule has 0 aliphatic heterocycles. The fraction of sp³-hybridized carbons (Fsp3) is 0.316. The van der Waals surface area contributed by atoms with Gasteiger partial charge in [0.05, 0.1) is 5.56 Å². The lowest BCUT2D eigenvalue weighted by Crippen LogP contribution is -2.35. The Morgan fingerprint density at radius 3 is 2.44 bits per heavy atom. The topological polar surface area (TPSA) is 84.6 Å². The van der Waals surface area contributed by atoms with Crippen LogP contribution in [0.3, 0.4) is 0 Å². The number of alkyl halides is 3. The van der Waals surface area contributed by atoms with E-state index in [0.29, 0.717) is 12.1 Å². The predicted molar refractivity (Wildman–Crippen MR) is 95.1 cm³/mol. The highest BCUT2D eigenvalue weighted by Crippen LogP contribution is 2.30. The first kappa shape index (κ1) is 20.6. The zero-order chi connectivity index (χ0) is 19.9. The number of nitrogen functional groups attached to an aromatic ring is 1. The van der Waals surface area contributed by atoms with Gasteiger partial charge in [0, 0.05) is 18.7 Å². The molecule has 2 rings (SSSR count). The van der Waals surface area contributed by atoms with Crippen LogP contribution in [0.25, 0.3) is 0 Å². The predicted octanol–water partition coefficient (Wildman–Crippen LogP) is 2.78. The van der Waals surface area contributed by atoms with Gasteiger partial charge in [-0.15, -0.1) is 0 Å². The van der Waals surface area contributed by atoms with E-state index in [9.17, 15) is 23.1 Å². The van der Waals surface area contributed by atoms with Gasteiger partial charge < -0.3 is 20.9 Å². The summed E-state index contributed by atoms with van der Waals surface area (Å²) >= 11 is 0. The number of carbonyl (C=O) groups excluding carboxylic acids is 1. The number of amides is 1. The van der Waals surface area contributed by atoms with E-state index in [1.54, 1.807) is 6.07 Å². The molecule has 0 aromatic heterocycles. The first-order valence-electron chi connectivity index (χ1n) is 8.34. The van der Waals surface area contributed by atoms with E-state index < -0.39 is 17.8 Å². The molecule has 0 spiro atoms. The third-order valence-electron chi connectivity index (χ3n) is 3.84. The van der Waals surface area contributed by atoms with Gasteiger partial charge in [-0.3, -0.25) is 4.79 Å². The Kier molecular flexibility index (Phi) is 7.06. The number of hydrogen-bond donors (Lipinski definition) is 3. The third-order valence-corrected chi connectivity index (χ3v) is 3.84. The lowest BCUT2D eigenvalue weighted by molar-refractivity contribution is -0.137. The van der Waals surface area contributed by atoms with Crippen molar-refractivity contribution in [3.8, 4) is 5.75 Å². The second-order valence-corrected chi connectivity index (χ2v) is 5.99. The maximum Gasteiger partial charge on any atom is 0.416 e. The number of nitrogens with one attached hydrogen (secondary N) is 1. The van der Waals surface area contributed by atoms with Crippen LogP contribution in [0.15, 0.2) is 48.5 Å². The van der Waals surface area contributed by atoms with Crippen LogP contribution < -0.4 is 15.8 Å². The molecule has 4 N–H and O–H groups in total. The number of rotatable bonds is 8. The molecule has 2 aromatic carbocycles. The van der Waals surface area contributed by atoms with Gasteiger partial charge in [-0.05, 0) is 42.3 Å². The van der Waals surface area contributed by atoms with Crippen molar-refractivity contribution >= 4 is 11.6 Å². The maximum atomic E-state index is 12.5. The number of aryl methyl sites for hydroxylation is 1. The highest BCUT2D eigenvalue weighted by atomic mass is 19.4. The minimum Gasteiger partial charge on any atom is -0.491 e. The normalized spacial score (nSPS) is 12.4. The van der Waals surface area contributed by atoms with E-state index in [2.05, 4.69) is 5.32 Å². The average molecular weight is 382 g/mol. The highest BCUT2D eigenvalue weighted by molar-refractivity contribution is 5.76.